The predicted octanol–water partition coefficient (Wildman–Crippen LogP) is 0.818. The molecular weight excluding hydrogens is 396 g/mol. The first-order valence-corrected chi connectivity index (χ1v) is 10.4. The average Bonchev–Trinajstić information content (AvgIpc) is 2.74. The Labute approximate surface area is 182 Å². The van der Waals surface area contributed by atoms with Crippen LogP contribution in [0.2, 0.25) is 0 Å². The third-order valence-corrected chi connectivity index (χ3v) is 5.00. The minimum absolute atomic E-state index is 0.0616. The van der Waals surface area contributed by atoms with E-state index in [2.05, 4.69) is 15.5 Å². The van der Waals surface area contributed by atoms with Crippen LogP contribution in [0.4, 0.5) is 17.1 Å². The van der Waals surface area contributed by atoms with Gasteiger partial charge in [-0.3, -0.25) is 14.4 Å². The quantitative estimate of drug-likeness (QED) is 0.545. The number of amides is 2. The molecule has 1 heterocycles. The molecule has 0 aliphatic carbocycles. The van der Waals surface area contributed by atoms with Crippen molar-refractivity contribution in [2.24, 2.45) is 0 Å². The van der Waals surface area contributed by atoms with E-state index < -0.39 is 0 Å². The SMILES string of the molecule is CC(=O)c1cccc(NC(=O)C[NH+](C)CC(=O)Nc2ccc(N3CCOCC3)cc2)c1. The predicted molar refractivity (Wildman–Crippen MR) is 120 cm³/mol. The van der Waals surface area contributed by atoms with Gasteiger partial charge in [-0.05, 0) is 43.3 Å². The van der Waals surface area contributed by atoms with Crippen molar-refractivity contribution < 1.29 is 24.0 Å². The lowest BCUT2D eigenvalue weighted by molar-refractivity contribution is -0.862. The Balaban J connectivity index is 1.45. The van der Waals surface area contributed by atoms with Crippen molar-refractivity contribution in [1.29, 1.82) is 0 Å². The smallest absolute Gasteiger partial charge is 0.279 e. The largest absolute Gasteiger partial charge is 0.378 e. The maximum Gasteiger partial charge on any atom is 0.279 e. The molecule has 164 valence electrons. The Morgan fingerprint density at radius 1 is 0.935 bits per heavy atom. The van der Waals surface area contributed by atoms with Crippen LogP contribution in [0.1, 0.15) is 17.3 Å². The number of nitrogens with zero attached hydrogens (tertiary/aromatic N) is 1. The van der Waals surface area contributed by atoms with Crippen LogP contribution in [0.3, 0.4) is 0 Å². The number of carbonyl (C=O) groups is 3. The number of quaternary nitrogens is 1. The molecule has 8 heteroatoms. The van der Waals surface area contributed by atoms with Crippen LogP contribution in [0, 0.1) is 0 Å². The summed E-state index contributed by atoms with van der Waals surface area (Å²) in [4.78, 5) is 39.1. The molecule has 3 N–H and O–H groups in total. The van der Waals surface area contributed by atoms with Crippen molar-refractivity contribution >= 4 is 34.7 Å². The van der Waals surface area contributed by atoms with Crippen LogP contribution in [-0.4, -0.2) is 64.0 Å². The Kier molecular flexibility index (Phi) is 7.75. The van der Waals surface area contributed by atoms with Crippen LogP contribution in [0.25, 0.3) is 0 Å². The highest BCUT2D eigenvalue weighted by atomic mass is 16.5. The summed E-state index contributed by atoms with van der Waals surface area (Å²) in [6, 6.07) is 14.5. The van der Waals surface area contributed by atoms with E-state index in [1.54, 1.807) is 31.3 Å². The van der Waals surface area contributed by atoms with Crippen LogP contribution in [0.5, 0.6) is 0 Å². The van der Waals surface area contributed by atoms with Crippen molar-refractivity contribution in [3.05, 3.63) is 54.1 Å². The minimum Gasteiger partial charge on any atom is -0.378 e. The third kappa shape index (κ3) is 6.91. The zero-order valence-electron chi connectivity index (χ0n) is 17.9. The number of hydrogen-bond donors (Lipinski definition) is 3. The molecule has 0 aromatic heterocycles. The van der Waals surface area contributed by atoms with Crippen molar-refractivity contribution in [3.63, 3.8) is 0 Å². The highest BCUT2D eigenvalue weighted by Crippen LogP contribution is 2.18. The molecule has 0 saturated carbocycles. The van der Waals surface area contributed by atoms with Gasteiger partial charge in [-0.1, -0.05) is 12.1 Å². The molecule has 2 aromatic carbocycles. The average molecular weight is 426 g/mol. The van der Waals surface area contributed by atoms with E-state index >= 15 is 0 Å². The van der Waals surface area contributed by atoms with Gasteiger partial charge in [0.05, 0.1) is 20.3 Å². The summed E-state index contributed by atoms with van der Waals surface area (Å²) < 4.78 is 5.37. The van der Waals surface area contributed by atoms with Crippen LogP contribution in [0.15, 0.2) is 48.5 Å². The van der Waals surface area contributed by atoms with Gasteiger partial charge in [-0.15, -0.1) is 0 Å². The van der Waals surface area contributed by atoms with Gasteiger partial charge in [-0.25, -0.2) is 0 Å². The number of ketones is 1. The molecule has 8 nitrogen and oxygen atoms in total. The number of hydrogen-bond acceptors (Lipinski definition) is 5. The Morgan fingerprint density at radius 3 is 2.16 bits per heavy atom. The number of anilines is 3. The highest BCUT2D eigenvalue weighted by molar-refractivity contribution is 5.97. The summed E-state index contributed by atoms with van der Waals surface area (Å²) in [5.74, 6) is -0.447. The molecular formula is C23H29N4O4+. The lowest BCUT2D eigenvalue weighted by Crippen LogP contribution is -3.11. The molecule has 3 rings (SSSR count). The van der Waals surface area contributed by atoms with E-state index in [1.165, 1.54) is 6.92 Å². The molecule has 1 saturated heterocycles. The number of nitrogens with one attached hydrogen (secondary N) is 3. The molecule has 2 aromatic rings. The Hall–Kier alpha value is -3.23. The molecule has 1 unspecified atom stereocenters. The topological polar surface area (TPSA) is 92.2 Å². The molecule has 1 aliphatic heterocycles. The maximum atomic E-state index is 12.3. The zero-order chi connectivity index (χ0) is 22.2. The van der Waals surface area contributed by atoms with Gasteiger partial charge < -0.3 is 25.2 Å². The number of ether oxygens (including phenoxy) is 1. The second kappa shape index (κ2) is 10.7. The Bertz CT molecular complexity index is 923. The van der Waals surface area contributed by atoms with Crippen molar-refractivity contribution in [2.45, 2.75) is 6.92 Å². The van der Waals surface area contributed by atoms with Gasteiger partial charge >= 0.3 is 0 Å². The molecule has 1 atom stereocenters. The molecule has 0 bridgehead atoms. The monoisotopic (exact) mass is 425 g/mol. The Morgan fingerprint density at radius 2 is 1.55 bits per heavy atom. The van der Waals surface area contributed by atoms with E-state index in [9.17, 15) is 14.4 Å². The summed E-state index contributed by atoms with van der Waals surface area (Å²) in [6.45, 7) is 4.95. The zero-order valence-corrected chi connectivity index (χ0v) is 17.9. The lowest BCUT2D eigenvalue weighted by atomic mass is 10.1. The molecule has 0 spiro atoms. The molecule has 2 amide bonds. The van der Waals surface area contributed by atoms with Crippen LogP contribution in [-0.2, 0) is 14.3 Å². The summed E-state index contributed by atoms with van der Waals surface area (Å²) in [6.07, 6.45) is 0. The van der Waals surface area contributed by atoms with Gasteiger partial charge in [0.25, 0.3) is 11.8 Å². The number of benzene rings is 2. The normalized spacial score (nSPS) is 14.6. The van der Waals surface area contributed by atoms with E-state index in [4.69, 9.17) is 4.74 Å². The molecule has 1 fully saturated rings. The van der Waals surface area contributed by atoms with Gasteiger partial charge in [0, 0.05) is 35.7 Å². The first kappa shape index (κ1) is 22.5. The fourth-order valence-corrected chi connectivity index (χ4v) is 3.41. The number of morpholine rings is 1. The first-order valence-electron chi connectivity index (χ1n) is 10.4. The van der Waals surface area contributed by atoms with E-state index in [0.717, 1.165) is 42.6 Å². The van der Waals surface area contributed by atoms with Gasteiger partial charge in [0.2, 0.25) is 0 Å². The summed E-state index contributed by atoms with van der Waals surface area (Å²) in [5, 5.41) is 5.64. The molecule has 0 radical (unpaired) electrons. The fourth-order valence-electron chi connectivity index (χ4n) is 3.41. The maximum absolute atomic E-state index is 12.3. The summed E-state index contributed by atoms with van der Waals surface area (Å²) in [5.41, 5.74) is 2.93. The lowest BCUT2D eigenvalue weighted by Gasteiger charge is -2.28. The van der Waals surface area contributed by atoms with Gasteiger partial charge in [-0.2, -0.15) is 0 Å². The van der Waals surface area contributed by atoms with Gasteiger partial charge in [0.1, 0.15) is 0 Å². The first-order chi connectivity index (χ1) is 14.9. The molecule has 31 heavy (non-hydrogen) atoms. The van der Waals surface area contributed by atoms with E-state index in [-0.39, 0.29) is 30.7 Å². The number of carbonyl (C=O) groups excluding carboxylic acids is 3. The minimum atomic E-state index is -0.221. The van der Waals surface area contributed by atoms with Crippen LogP contribution < -0.4 is 20.4 Å². The second-order valence-corrected chi connectivity index (χ2v) is 7.69. The van der Waals surface area contributed by atoms with E-state index in [0.29, 0.717) is 11.3 Å². The van der Waals surface area contributed by atoms with Crippen LogP contribution >= 0.6 is 0 Å². The van der Waals surface area contributed by atoms with Crippen molar-refractivity contribution in [1.82, 2.24) is 0 Å². The fraction of sp³-hybridized carbons (Fsp3) is 0.348. The van der Waals surface area contributed by atoms with E-state index in [1.807, 2.05) is 24.3 Å². The van der Waals surface area contributed by atoms with Crippen molar-refractivity contribution in [3.8, 4) is 0 Å². The summed E-state index contributed by atoms with van der Waals surface area (Å²) in [7, 11) is 1.78. The van der Waals surface area contributed by atoms with Crippen molar-refractivity contribution in [2.75, 3.05) is 62.0 Å². The van der Waals surface area contributed by atoms with Gasteiger partial charge in [0.15, 0.2) is 18.9 Å². The highest BCUT2D eigenvalue weighted by Gasteiger charge is 2.16. The second-order valence-electron chi connectivity index (χ2n) is 7.69. The number of Topliss-reactive ketones (excluding diaryl/α,β-unsaturated/α-hetero) is 1. The number of rotatable bonds is 8. The standard InChI is InChI=1S/C23H28N4O4/c1-17(28)18-4-3-5-20(14-18)25-23(30)16-26(2)15-22(29)24-19-6-8-21(9-7-19)27-10-12-31-13-11-27/h3-9,14H,10-13,15-16H2,1-2H3,(H,24,29)(H,25,30)/p+1. The number of likely N-dealkylation sites (N-methyl/N-ethyl adjacent to an activating group) is 1. The molecule has 1 aliphatic rings. The summed E-state index contributed by atoms with van der Waals surface area (Å²) >= 11 is 0. The third-order valence-electron chi connectivity index (χ3n) is 5.00.